The Labute approximate surface area is 136 Å². The highest BCUT2D eigenvalue weighted by Crippen LogP contribution is 2.44. The van der Waals surface area contributed by atoms with Crippen LogP contribution in [0.15, 0.2) is 6.33 Å². The normalized spacial score (nSPS) is 18.8. The second-order valence-corrected chi connectivity index (χ2v) is 7.26. The molecule has 4 nitrogen and oxygen atoms in total. The topological polar surface area (TPSA) is 51.6 Å². The molecule has 0 atom stereocenters. The van der Waals surface area contributed by atoms with E-state index in [0.29, 0.717) is 12.8 Å². The van der Waals surface area contributed by atoms with Crippen molar-refractivity contribution in [1.29, 1.82) is 0 Å². The van der Waals surface area contributed by atoms with Gasteiger partial charge in [-0.3, -0.25) is 0 Å². The van der Waals surface area contributed by atoms with Crippen molar-refractivity contribution in [2.45, 2.75) is 51.4 Å². The molecule has 4 rings (SSSR count). The van der Waals surface area contributed by atoms with Crippen molar-refractivity contribution < 1.29 is 8.78 Å². The average molecular weight is 334 g/mol. The van der Waals surface area contributed by atoms with Gasteiger partial charge in [0.25, 0.3) is 0 Å². The highest BCUT2D eigenvalue weighted by Gasteiger charge is 2.36. The van der Waals surface area contributed by atoms with Crippen LogP contribution < -0.4 is 0 Å². The number of alkyl halides is 2. The molecule has 7 heteroatoms. The molecule has 0 N–H and O–H groups in total. The third-order valence-corrected chi connectivity index (χ3v) is 5.88. The summed E-state index contributed by atoms with van der Waals surface area (Å²) in [5.41, 5.74) is 3.73. The zero-order chi connectivity index (χ0) is 16.2. The zero-order valence-corrected chi connectivity index (χ0v) is 13.8. The molecule has 120 valence electrons. The van der Waals surface area contributed by atoms with Crippen LogP contribution in [0.5, 0.6) is 0 Å². The molecule has 0 aromatic carbocycles. The predicted molar refractivity (Wildman–Crippen MR) is 86.1 cm³/mol. The van der Waals surface area contributed by atoms with Crippen molar-refractivity contribution in [3.63, 3.8) is 0 Å². The Morgan fingerprint density at radius 2 is 1.87 bits per heavy atom. The quantitative estimate of drug-likeness (QED) is 0.655. The lowest BCUT2D eigenvalue weighted by Gasteiger charge is -2.27. The van der Waals surface area contributed by atoms with E-state index >= 15 is 0 Å². The summed E-state index contributed by atoms with van der Waals surface area (Å²) in [4.78, 5) is 9.71. The number of nitrogens with zero attached hydrogens (tertiary/aromatic N) is 4. The molecule has 0 saturated heterocycles. The minimum Gasteiger partial charge on any atom is -0.240 e. The van der Waals surface area contributed by atoms with E-state index in [9.17, 15) is 8.78 Å². The Bertz CT molecular complexity index is 896. The van der Waals surface area contributed by atoms with Gasteiger partial charge in [0.2, 0.25) is 5.92 Å². The van der Waals surface area contributed by atoms with Crippen LogP contribution in [0, 0.1) is 13.8 Å². The molecule has 0 spiro atoms. The van der Waals surface area contributed by atoms with Crippen LogP contribution in [0.4, 0.5) is 8.78 Å². The highest BCUT2D eigenvalue weighted by molar-refractivity contribution is 7.25. The molecule has 0 amide bonds. The minimum atomic E-state index is -2.53. The molecule has 1 saturated carbocycles. The first-order valence-electron chi connectivity index (χ1n) is 7.71. The number of thiophene rings is 1. The summed E-state index contributed by atoms with van der Waals surface area (Å²) in [6, 6.07) is 0. The smallest absolute Gasteiger partial charge is 0.240 e. The molecule has 0 unspecified atom stereocenters. The lowest BCUT2D eigenvalue weighted by Crippen LogP contribution is -2.24. The Hall–Kier alpha value is -1.76. The third kappa shape index (κ3) is 2.38. The van der Waals surface area contributed by atoms with Crippen molar-refractivity contribution in [2.24, 2.45) is 0 Å². The molecule has 1 aliphatic carbocycles. The fourth-order valence-electron chi connectivity index (χ4n) is 3.30. The Balaban J connectivity index is 1.87. The molecule has 0 aliphatic heterocycles. The van der Waals surface area contributed by atoms with Gasteiger partial charge in [0.15, 0.2) is 0 Å². The predicted octanol–water partition coefficient (Wildman–Crippen LogP) is 4.54. The monoisotopic (exact) mass is 334 g/mol. The van der Waals surface area contributed by atoms with Gasteiger partial charge in [0, 0.05) is 24.1 Å². The largest absolute Gasteiger partial charge is 0.248 e. The summed E-state index contributed by atoms with van der Waals surface area (Å²) in [5, 5.41) is 9.46. The fourth-order valence-corrected chi connectivity index (χ4v) is 4.51. The maximum Gasteiger partial charge on any atom is 0.248 e. The molecule has 1 fully saturated rings. The van der Waals surface area contributed by atoms with Crippen molar-refractivity contribution in [3.05, 3.63) is 23.3 Å². The third-order valence-electron chi connectivity index (χ3n) is 4.79. The van der Waals surface area contributed by atoms with Crippen LogP contribution in [-0.4, -0.2) is 26.1 Å². The van der Waals surface area contributed by atoms with Gasteiger partial charge in [0.05, 0.1) is 21.6 Å². The molecular formula is C16H16F2N4S. The summed E-state index contributed by atoms with van der Waals surface area (Å²) in [6.45, 7) is 3.94. The fraction of sp³-hybridized carbons (Fsp3) is 0.500. The van der Waals surface area contributed by atoms with E-state index in [2.05, 4.69) is 20.2 Å². The maximum absolute atomic E-state index is 13.4. The summed E-state index contributed by atoms with van der Waals surface area (Å²) < 4.78 is 27.8. The van der Waals surface area contributed by atoms with Gasteiger partial charge in [-0.25, -0.2) is 18.7 Å². The SMILES string of the molecule is Cc1nnc2sc3c(C4CCC(F)(F)CC4)ncnc3c2c1C. The number of hydrogen-bond acceptors (Lipinski definition) is 5. The first-order chi connectivity index (χ1) is 11.0. The Kier molecular flexibility index (Phi) is 3.30. The first kappa shape index (κ1) is 14.8. The number of hydrogen-bond donors (Lipinski definition) is 0. The summed E-state index contributed by atoms with van der Waals surface area (Å²) >= 11 is 1.52. The van der Waals surface area contributed by atoms with Crippen LogP contribution >= 0.6 is 11.3 Å². The van der Waals surface area contributed by atoms with E-state index in [-0.39, 0.29) is 18.8 Å². The van der Waals surface area contributed by atoms with E-state index in [1.165, 1.54) is 11.3 Å². The number of aromatic nitrogens is 4. The number of fused-ring (bicyclic) bond motifs is 3. The van der Waals surface area contributed by atoms with Crippen LogP contribution in [0.3, 0.4) is 0 Å². The molecule has 0 radical (unpaired) electrons. The van der Waals surface area contributed by atoms with Crippen molar-refractivity contribution in [3.8, 4) is 0 Å². The van der Waals surface area contributed by atoms with E-state index < -0.39 is 5.92 Å². The molecule has 3 heterocycles. The maximum atomic E-state index is 13.4. The standard InChI is InChI=1S/C16H16F2N4S/c1-8-9(2)21-22-15-11(8)13-14(23-15)12(19-7-20-13)10-3-5-16(17,18)6-4-10/h7,10H,3-6H2,1-2H3. The average Bonchev–Trinajstić information content (AvgIpc) is 2.90. The summed E-state index contributed by atoms with van der Waals surface area (Å²) in [5.74, 6) is -2.45. The van der Waals surface area contributed by atoms with Gasteiger partial charge < -0.3 is 0 Å². The van der Waals surface area contributed by atoms with Gasteiger partial charge in [-0.15, -0.1) is 16.4 Å². The van der Waals surface area contributed by atoms with Crippen LogP contribution in [0.25, 0.3) is 20.4 Å². The van der Waals surface area contributed by atoms with Gasteiger partial charge in [-0.05, 0) is 32.3 Å². The number of halogens is 2. The van der Waals surface area contributed by atoms with Crippen LogP contribution in [-0.2, 0) is 0 Å². The van der Waals surface area contributed by atoms with Crippen molar-refractivity contribution >= 4 is 31.8 Å². The molecule has 3 aromatic heterocycles. The molecule has 0 bridgehead atoms. The van der Waals surface area contributed by atoms with Crippen LogP contribution in [0.1, 0.15) is 48.6 Å². The van der Waals surface area contributed by atoms with Crippen LogP contribution in [0.2, 0.25) is 0 Å². The molecule has 23 heavy (non-hydrogen) atoms. The molecular weight excluding hydrogens is 318 g/mol. The van der Waals surface area contributed by atoms with Crippen molar-refractivity contribution in [1.82, 2.24) is 20.2 Å². The zero-order valence-electron chi connectivity index (χ0n) is 12.9. The lowest BCUT2D eigenvalue weighted by atomic mass is 9.84. The van der Waals surface area contributed by atoms with Gasteiger partial charge in [0.1, 0.15) is 11.2 Å². The second kappa shape index (κ2) is 5.12. The highest BCUT2D eigenvalue weighted by atomic mass is 32.1. The van der Waals surface area contributed by atoms with E-state index in [0.717, 1.165) is 37.4 Å². The number of rotatable bonds is 1. The minimum absolute atomic E-state index is 0.0635. The Morgan fingerprint density at radius 3 is 2.61 bits per heavy atom. The molecule has 1 aliphatic rings. The second-order valence-electron chi connectivity index (χ2n) is 6.26. The van der Waals surface area contributed by atoms with E-state index in [1.807, 2.05) is 13.8 Å². The van der Waals surface area contributed by atoms with Crippen molar-refractivity contribution in [2.75, 3.05) is 0 Å². The summed E-state index contributed by atoms with van der Waals surface area (Å²) in [6.07, 6.45) is 2.36. The Morgan fingerprint density at radius 1 is 1.13 bits per heavy atom. The van der Waals surface area contributed by atoms with E-state index in [4.69, 9.17) is 0 Å². The number of aryl methyl sites for hydroxylation is 2. The van der Waals surface area contributed by atoms with Gasteiger partial charge in [-0.2, -0.15) is 5.10 Å². The van der Waals surface area contributed by atoms with E-state index in [1.54, 1.807) is 6.33 Å². The van der Waals surface area contributed by atoms with Gasteiger partial charge in [-0.1, -0.05) is 0 Å². The summed E-state index contributed by atoms with van der Waals surface area (Å²) in [7, 11) is 0. The molecule has 3 aromatic rings. The lowest BCUT2D eigenvalue weighted by molar-refractivity contribution is -0.0383. The van der Waals surface area contributed by atoms with Gasteiger partial charge >= 0.3 is 0 Å². The first-order valence-corrected chi connectivity index (χ1v) is 8.53.